The smallest absolute Gasteiger partial charge is 0.251 e. The van der Waals surface area contributed by atoms with E-state index in [9.17, 15) is 19.2 Å². The van der Waals surface area contributed by atoms with Gasteiger partial charge in [0.05, 0.1) is 32.3 Å². The van der Waals surface area contributed by atoms with Gasteiger partial charge in [0.1, 0.15) is 11.9 Å². The molecule has 1 spiro atoms. The maximum absolute atomic E-state index is 13.4. The van der Waals surface area contributed by atoms with E-state index in [4.69, 9.17) is 20.6 Å². The third-order valence-corrected chi connectivity index (χ3v) is 8.95. The number of rotatable bonds is 7. The van der Waals surface area contributed by atoms with Crippen LogP contribution in [0, 0.1) is 5.41 Å². The Morgan fingerprint density at radius 2 is 1.79 bits per heavy atom. The van der Waals surface area contributed by atoms with E-state index in [0.717, 1.165) is 10.4 Å². The molecule has 2 aliphatic heterocycles. The summed E-state index contributed by atoms with van der Waals surface area (Å²) >= 11 is 1.38. The van der Waals surface area contributed by atoms with Gasteiger partial charge >= 0.3 is 0 Å². The first-order chi connectivity index (χ1) is 20.2. The van der Waals surface area contributed by atoms with Gasteiger partial charge in [0.2, 0.25) is 11.8 Å². The van der Waals surface area contributed by atoms with E-state index < -0.39 is 23.6 Å². The van der Waals surface area contributed by atoms with Gasteiger partial charge in [-0.3, -0.25) is 24.6 Å². The summed E-state index contributed by atoms with van der Waals surface area (Å²) in [6.07, 6.45) is 0.159. The summed E-state index contributed by atoms with van der Waals surface area (Å²) in [6, 6.07) is 12.6. The SMILES string of the molecule is C[C@@H](NC(=O)C1CC2(CN1C(=O)CNC(=O)c1ccc3c(c1)-c1ccccc1C3=O)OCCO2)c1cc(C(=N)N)cs1. The monoisotopic (exact) mass is 587 g/mol. The summed E-state index contributed by atoms with van der Waals surface area (Å²) < 4.78 is 11.6. The molecule has 0 bridgehead atoms. The molecule has 2 aromatic carbocycles. The molecule has 3 amide bonds. The summed E-state index contributed by atoms with van der Waals surface area (Å²) in [5.41, 5.74) is 9.04. The number of amidine groups is 1. The standard InChI is InChI=1S/C30H29N5O6S/c1-16(24-11-18(14-42-24)27(31)32)34-29(39)23-12-30(40-8-9-41-30)15-35(23)25(36)13-33-28(38)17-6-7-21-22(10-17)19-4-2-3-5-20(19)26(21)37/h2-7,10-11,14,16,23H,8-9,12-13,15H2,1H3,(H3,31,32)(H,33,38)(H,34,39)/t16-,23?/m1/s1. The fourth-order valence-electron chi connectivity index (χ4n) is 5.67. The van der Waals surface area contributed by atoms with Crippen LogP contribution in [0.15, 0.2) is 53.9 Å². The molecule has 1 aromatic heterocycles. The zero-order valence-corrected chi connectivity index (χ0v) is 23.6. The van der Waals surface area contributed by atoms with Crippen LogP contribution in [0.2, 0.25) is 0 Å². The molecule has 11 nitrogen and oxygen atoms in total. The number of nitrogens with two attached hydrogens (primary N) is 1. The van der Waals surface area contributed by atoms with Gasteiger partial charge in [-0.1, -0.05) is 24.3 Å². The largest absolute Gasteiger partial charge is 0.384 e. The van der Waals surface area contributed by atoms with Gasteiger partial charge < -0.3 is 30.7 Å². The Morgan fingerprint density at radius 1 is 1.07 bits per heavy atom. The summed E-state index contributed by atoms with van der Waals surface area (Å²) in [5.74, 6) is -2.52. The number of hydrogen-bond donors (Lipinski definition) is 4. The van der Waals surface area contributed by atoms with Gasteiger partial charge in [0.15, 0.2) is 11.6 Å². The van der Waals surface area contributed by atoms with Crippen LogP contribution in [-0.2, 0) is 19.1 Å². The molecule has 1 aliphatic carbocycles. The first-order valence-corrected chi connectivity index (χ1v) is 14.4. The lowest BCUT2D eigenvalue weighted by atomic mass is 10.0. The lowest BCUT2D eigenvalue weighted by molar-refractivity contribution is -0.152. The highest BCUT2D eigenvalue weighted by Gasteiger charge is 2.52. The minimum Gasteiger partial charge on any atom is -0.384 e. The molecule has 12 heteroatoms. The average molecular weight is 588 g/mol. The van der Waals surface area contributed by atoms with E-state index in [1.807, 2.05) is 19.1 Å². The molecule has 2 fully saturated rings. The predicted octanol–water partition coefficient (Wildman–Crippen LogP) is 2.19. The Morgan fingerprint density at radius 3 is 2.50 bits per heavy atom. The van der Waals surface area contributed by atoms with Crippen molar-refractivity contribution >= 4 is 40.7 Å². The van der Waals surface area contributed by atoms with Gasteiger partial charge in [0.25, 0.3) is 5.91 Å². The second kappa shape index (κ2) is 10.8. The number of likely N-dealkylation sites (tertiary alicyclic amines) is 1. The number of ketones is 1. The van der Waals surface area contributed by atoms with E-state index in [1.54, 1.807) is 41.8 Å². The first kappa shape index (κ1) is 27.8. The lowest BCUT2D eigenvalue weighted by Crippen LogP contribution is -2.49. The molecule has 1 unspecified atom stereocenters. The van der Waals surface area contributed by atoms with Gasteiger partial charge in [-0.15, -0.1) is 11.3 Å². The van der Waals surface area contributed by atoms with Crippen LogP contribution in [0.4, 0.5) is 0 Å². The third-order valence-electron chi connectivity index (χ3n) is 7.83. The number of benzene rings is 2. The minimum atomic E-state index is -1.07. The van der Waals surface area contributed by atoms with Crippen molar-refractivity contribution < 1.29 is 28.7 Å². The molecule has 42 heavy (non-hydrogen) atoms. The van der Waals surface area contributed by atoms with Crippen molar-refractivity contribution in [2.75, 3.05) is 26.3 Å². The molecule has 3 heterocycles. The van der Waals surface area contributed by atoms with Crippen LogP contribution in [0.1, 0.15) is 56.1 Å². The number of ether oxygens (including phenoxy) is 2. The molecule has 0 radical (unpaired) electrons. The zero-order valence-electron chi connectivity index (χ0n) is 22.8. The van der Waals surface area contributed by atoms with Crippen molar-refractivity contribution in [1.82, 2.24) is 15.5 Å². The molecule has 5 N–H and O–H groups in total. The van der Waals surface area contributed by atoms with E-state index in [0.29, 0.717) is 41.0 Å². The molecule has 3 aromatic rings. The first-order valence-electron chi connectivity index (χ1n) is 13.5. The van der Waals surface area contributed by atoms with Crippen molar-refractivity contribution in [1.29, 1.82) is 5.41 Å². The van der Waals surface area contributed by atoms with Crippen LogP contribution in [0.25, 0.3) is 11.1 Å². The predicted molar refractivity (Wildman–Crippen MR) is 154 cm³/mol. The number of nitrogens with one attached hydrogen (secondary N) is 3. The fourth-order valence-corrected chi connectivity index (χ4v) is 6.59. The van der Waals surface area contributed by atoms with Crippen molar-refractivity contribution in [3.63, 3.8) is 0 Å². The highest BCUT2D eigenvalue weighted by Crippen LogP contribution is 2.37. The Balaban J connectivity index is 1.14. The van der Waals surface area contributed by atoms with Crippen LogP contribution < -0.4 is 16.4 Å². The molecule has 3 aliphatic rings. The Bertz CT molecular complexity index is 1630. The average Bonchev–Trinajstić information content (AvgIpc) is 3.79. The maximum Gasteiger partial charge on any atom is 0.251 e. The van der Waals surface area contributed by atoms with Gasteiger partial charge in [0, 0.05) is 38.9 Å². The maximum atomic E-state index is 13.4. The number of carbonyl (C=O) groups is 4. The topological polar surface area (TPSA) is 164 Å². The summed E-state index contributed by atoms with van der Waals surface area (Å²) in [5, 5.41) is 15.0. The number of fused-ring (bicyclic) bond motifs is 3. The van der Waals surface area contributed by atoms with Crippen LogP contribution in [-0.4, -0.2) is 72.4 Å². The van der Waals surface area contributed by atoms with E-state index >= 15 is 0 Å². The van der Waals surface area contributed by atoms with E-state index in [1.165, 1.54) is 16.2 Å². The summed E-state index contributed by atoms with van der Waals surface area (Å²) in [7, 11) is 0. The number of nitrogen functional groups attached to an aromatic ring is 1. The number of carbonyl (C=O) groups excluding carboxylic acids is 4. The molecule has 6 rings (SSSR count). The van der Waals surface area contributed by atoms with Crippen molar-refractivity contribution in [3.05, 3.63) is 81.0 Å². The third kappa shape index (κ3) is 4.97. The van der Waals surface area contributed by atoms with Crippen LogP contribution in [0.3, 0.4) is 0 Å². The Hall–Kier alpha value is -4.39. The van der Waals surface area contributed by atoms with Gasteiger partial charge in [-0.05, 0) is 42.3 Å². The van der Waals surface area contributed by atoms with Crippen molar-refractivity contribution in [2.45, 2.75) is 31.2 Å². The molecular weight excluding hydrogens is 558 g/mol. The molecular formula is C30H29N5O6S. The lowest BCUT2D eigenvalue weighted by Gasteiger charge is -2.25. The minimum absolute atomic E-state index is 0.0543. The number of thiophene rings is 1. The zero-order chi connectivity index (χ0) is 29.6. The second-order valence-electron chi connectivity index (χ2n) is 10.5. The molecule has 2 atom stereocenters. The van der Waals surface area contributed by atoms with Gasteiger partial charge in [-0.2, -0.15) is 0 Å². The normalized spacial score (nSPS) is 18.9. The molecule has 216 valence electrons. The Kier molecular flexibility index (Phi) is 7.13. The van der Waals surface area contributed by atoms with Crippen LogP contribution >= 0.6 is 11.3 Å². The number of hydrogen-bond acceptors (Lipinski definition) is 8. The fraction of sp³-hybridized carbons (Fsp3) is 0.300. The summed E-state index contributed by atoms with van der Waals surface area (Å²) in [6.45, 7) is 2.25. The quantitative estimate of drug-likeness (QED) is 0.190. The van der Waals surface area contributed by atoms with Crippen LogP contribution in [0.5, 0.6) is 0 Å². The molecule has 0 saturated carbocycles. The highest BCUT2D eigenvalue weighted by molar-refractivity contribution is 7.10. The summed E-state index contributed by atoms with van der Waals surface area (Å²) in [4.78, 5) is 54.8. The van der Waals surface area contributed by atoms with Crippen molar-refractivity contribution in [2.24, 2.45) is 5.73 Å². The van der Waals surface area contributed by atoms with Gasteiger partial charge in [-0.25, -0.2) is 0 Å². The highest BCUT2D eigenvalue weighted by atomic mass is 32.1. The molecule has 2 saturated heterocycles. The number of nitrogens with zero attached hydrogens (tertiary/aromatic N) is 1. The second-order valence-corrected chi connectivity index (χ2v) is 11.5. The Labute approximate surface area is 245 Å². The van der Waals surface area contributed by atoms with E-state index in [-0.39, 0.29) is 43.1 Å². The van der Waals surface area contributed by atoms with E-state index in [2.05, 4.69) is 10.6 Å². The van der Waals surface area contributed by atoms with Crippen molar-refractivity contribution in [3.8, 4) is 11.1 Å². The number of amides is 3.